The predicted molar refractivity (Wildman–Crippen MR) is 110 cm³/mol. The van der Waals surface area contributed by atoms with E-state index < -0.39 is 0 Å². The third-order valence-electron chi connectivity index (χ3n) is 4.94. The fraction of sp³-hybridized carbons (Fsp3) is 0.316. The monoisotopic (exact) mass is 399 g/mol. The van der Waals surface area contributed by atoms with Crippen LogP contribution in [0.3, 0.4) is 0 Å². The minimum atomic E-state index is -0.0736. The van der Waals surface area contributed by atoms with Crippen molar-refractivity contribution in [3.63, 3.8) is 0 Å². The molecule has 2 atom stereocenters. The number of rotatable bonds is 5. The number of aromatic nitrogens is 3. The molecule has 0 aromatic carbocycles. The van der Waals surface area contributed by atoms with Gasteiger partial charge in [-0.3, -0.25) is 9.55 Å². The lowest BCUT2D eigenvalue weighted by Gasteiger charge is -2.27. The Labute approximate surface area is 167 Å². The van der Waals surface area contributed by atoms with Crippen molar-refractivity contribution in [2.24, 2.45) is 0 Å². The van der Waals surface area contributed by atoms with Gasteiger partial charge in [0, 0.05) is 35.7 Å². The topological polar surface area (TPSA) is 66.2 Å². The first kappa shape index (κ1) is 18.1. The van der Waals surface area contributed by atoms with Gasteiger partial charge in [-0.25, -0.2) is 4.98 Å². The molecule has 4 heterocycles. The molecule has 3 aromatic rings. The lowest BCUT2D eigenvalue weighted by atomic mass is 9.97. The second-order valence-electron chi connectivity index (χ2n) is 6.52. The second kappa shape index (κ2) is 7.38. The normalized spacial score (nSPS) is 19.5. The van der Waals surface area contributed by atoms with Crippen molar-refractivity contribution in [3.8, 4) is 5.13 Å². The van der Waals surface area contributed by atoms with E-state index in [0.29, 0.717) is 11.7 Å². The van der Waals surface area contributed by atoms with Gasteiger partial charge in [0.15, 0.2) is 10.2 Å². The zero-order chi connectivity index (χ0) is 19.0. The van der Waals surface area contributed by atoms with Gasteiger partial charge in [-0.15, -0.1) is 11.3 Å². The molecule has 0 bridgehead atoms. The number of nitrogens with zero attached hydrogens (tertiary/aromatic N) is 4. The molecule has 3 aromatic heterocycles. The van der Waals surface area contributed by atoms with Gasteiger partial charge in [-0.2, -0.15) is 0 Å². The Morgan fingerprint density at radius 1 is 1.26 bits per heavy atom. The van der Waals surface area contributed by atoms with Crippen molar-refractivity contribution in [1.82, 2.24) is 24.8 Å². The Hall–Kier alpha value is -2.29. The Bertz CT molecular complexity index is 939. The maximum Gasteiger partial charge on any atom is 0.193 e. The van der Waals surface area contributed by atoms with Gasteiger partial charge >= 0.3 is 0 Å². The third-order valence-corrected chi connectivity index (χ3v) is 6.05. The van der Waals surface area contributed by atoms with E-state index in [4.69, 9.17) is 12.2 Å². The maximum atomic E-state index is 9.59. The van der Waals surface area contributed by atoms with Gasteiger partial charge in [-0.05, 0) is 49.8 Å². The third kappa shape index (κ3) is 3.13. The van der Waals surface area contributed by atoms with Gasteiger partial charge in [0.05, 0.1) is 24.4 Å². The molecule has 8 heteroatoms. The van der Waals surface area contributed by atoms with Crippen LogP contribution in [0, 0.1) is 13.8 Å². The van der Waals surface area contributed by atoms with Crippen molar-refractivity contribution in [3.05, 3.63) is 64.7 Å². The zero-order valence-corrected chi connectivity index (χ0v) is 16.8. The van der Waals surface area contributed by atoms with Gasteiger partial charge < -0.3 is 15.3 Å². The van der Waals surface area contributed by atoms with Crippen molar-refractivity contribution in [1.29, 1.82) is 0 Å². The van der Waals surface area contributed by atoms with Crippen molar-refractivity contribution < 1.29 is 5.11 Å². The van der Waals surface area contributed by atoms with E-state index in [1.54, 1.807) is 17.5 Å². The van der Waals surface area contributed by atoms with E-state index in [2.05, 4.69) is 44.7 Å². The molecule has 6 nitrogen and oxygen atoms in total. The molecule has 1 aliphatic heterocycles. The van der Waals surface area contributed by atoms with Crippen LogP contribution >= 0.6 is 23.6 Å². The van der Waals surface area contributed by atoms with E-state index in [-0.39, 0.29) is 18.7 Å². The number of nitrogens with one attached hydrogen (secondary N) is 1. The number of aliphatic hydroxyl groups is 1. The number of thiocarbonyl (C=S) groups is 1. The molecule has 0 saturated carbocycles. The van der Waals surface area contributed by atoms with Gasteiger partial charge in [0.1, 0.15) is 0 Å². The Kier molecular flexibility index (Phi) is 4.94. The average molecular weight is 400 g/mol. The number of β-amino-alcohol motifs (C(OH)–C–C–N with tert-alkyl or cyclic N) is 1. The summed E-state index contributed by atoms with van der Waals surface area (Å²) in [6, 6.07) is 7.98. The molecule has 1 fully saturated rings. The smallest absolute Gasteiger partial charge is 0.193 e. The molecule has 0 aliphatic carbocycles. The number of thiazole rings is 1. The summed E-state index contributed by atoms with van der Waals surface area (Å²) in [4.78, 5) is 11.1. The van der Waals surface area contributed by atoms with Crippen LogP contribution in [-0.4, -0.2) is 42.8 Å². The lowest BCUT2D eigenvalue weighted by Crippen LogP contribution is -2.32. The van der Waals surface area contributed by atoms with Gasteiger partial charge in [0.25, 0.3) is 0 Å². The van der Waals surface area contributed by atoms with Crippen LogP contribution in [0.4, 0.5) is 0 Å². The molecule has 0 amide bonds. The first-order chi connectivity index (χ1) is 13.1. The number of hydrogen-bond acceptors (Lipinski definition) is 5. The number of hydrogen-bond donors (Lipinski definition) is 2. The van der Waals surface area contributed by atoms with E-state index in [0.717, 1.165) is 22.2 Å². The molecule has 140 valence electrons. The fourth-order valence-electron chi connectivity index (χ4n) is 3.80. The molecule has 1 saturated heterocycles. The Morgan fingerprint density at radius 2 is 2.11 bits per heavy atom. The SMILES string of the molecule is Cc1cc([C@H]2[C@@H](c3ccccn3)NC(=S)N2CCO)c(C)n1-c1nccs1. The summed E-state index contributed by atoms with van der Waals surface area (Å²) in [6.45, 7) is 4.71. The highest BCUT2D eigenvalue weighted by Crippen LogP contribution is 2.41. The lowest BCUT2D eigenvalue weighted by molar-refractivity contribution is 0.223. The van der Waals surface area contributed by atoms with Crippen LogP contribution in [0.2, 0.25) is 0 Å². The quantitative estimate of drug-likeness (QED) is 0.643. The van der Waals surface area contributed by atoms with E-state index in [9.17, 15) is 5.11 Å². The van der Waals surface area contributed by atoms with Crippen molar-refractivity contribution in [2.75, 3.05) is 13.2 Å². The number of pyridine rings is 1. The molecular weight excluding hydrogens is 378 g/mol. The summed E-state index contributed by atoms with van der Waals surface area (Å²) in [6.07, 6.45) is 3.62. The van der Waals surface area contributed by atoms with E-state index >= 15 is 0 Å². The maximum absolute atomic E-state index is 9.59. The molecule has 0 radical (unpaired) electrons. The Morgan fingerprint density at radius 3 is 2.78 bits per heavy atom. The van der Waals surface area contributed by atoms with Crippen LogP contribution in [-0.2, 0) is 0 Å². The Balaban J connectivity index is 1.83. The first-order valence-electron chi connectivity index (χ1n) is 8.79. The summed E-state index contributed by atoms with van der Waals surface area (Å²) in [7, 11) is 0. The highest BCUT2D eigenvalue weighted by molar-refractivity contribution is 7.80. The first-order valence-corrected chi connectivity index (χ1v) is 10.1. The average Bonchev–Trinajstić information content (AvgIpc) is 3.36. The van der Waals surface area contributed by atoms with Crippen LogP contribution in [0.15, 0.2) is 42.0 Å². The summed E-state index contributed by atoms with van der Waals surface area (Å²) >= 11 is 7.19. The summed E-state index contributed by atoms with van der Waals surface area (Å²) < 4.78 is 2.17. The minimum Gasteiger partial charge on any atom is -0.395 e. The van der Waals surface area contributed by atoms with Crippen molar-refractivity contribution in [2.45, 2.75) is 25.9 Å². The molecule has 2 N–H and O–H groups in total. The summed E-state index contributed by atoms with van der Waals surface area (Å²) in [5.74, 6) is 0. The summed E-state index contributed by atoms with van der Waals surface area (Å²) in [5.41, 5.74) is 4.35. The predicted octanol–water partition coefficient (Wildman–Crippen LogP) is 2.91. The zero-order valence-electron chi connectivity index (χ0n) is 15.2. The second-order valence-corrected chi connectivity index (χ2v) is 7.78. The molecule has 27 heavy (non-hydrogen) atoms. The highest BCUT2D eigenvalue weighted by Gasteiger charge is 2.41. The molecule has 1 aliphatic rings. The van der Waals surface area contributed by atoms with Crippen LogP contribution in [0.5, 0.6) is 0 Å². The van der Waals surface area contributed by atoms with Crippen LogP contribution in [0.1, 0.15) is 34.7 Å². The highest BCUT2D eigenvalue weighted by atomic mass is 32.1. The van der Waals surface area contributed by atoms with E-state index in [1.807, 2.05) is 29.8 Å². The summed E-state index contributed by atoms with van der Waals surface area (Å²) in [5, 5.41) is 16.6. The minimum absolute atomic E-state index is 0.0402. The number of aliphatic hydroxyl groups excluding tert-OH is 1. The van der Waals surface area contributed by atoms with Crippen LogP contribution in [0.25, 0.3) is 5.13 Å². The van der Waals surface area contributed by atoms with Crippen LogP contribution < -0.4 is 5.32 Å². The molecule has 0 spiro atoms. The fourth-order valence-corrected chi connectivity index (χ4v) is 4.88. The van der Waals surface area contributed by atoms with Gasteiger partial charge in [-0.1, -0.05) is 6.07 Å². The number of aryl methyl sites for hydroxylation is 1. The van der Waals surface area contributed by atoms with Crippen molar-refractivity contribution >= 4 is 28.7 Å². The van der Waals surface area contributed by atoms with E-state index in [1.165, 1.54) is 5.56 Å². The van der Waals surface area contributed by atoms with Gasteiger partial charge in [0.2, 0.25) is 0 Å². The molecular formula is C19H21N5OS2. The molecule has 0 unspecified atom stereocenters. The standard InChI is InChI=1S/C19H21N5OS2/c1-12-11-14(13(2)24(12)19-21-7-10-27-19)17-16(15-5-3-4-6-20-15)22-18(26)23(17)8-9-25/h3-7,10-11,16-17,25H,8-9H2,1-2H3,(H,22,26)/t16-,17+/m1/s1. The molecule has 4 rings (SSSR count). The largest absolute Gasteiger partial charge is 0.395 e.